The van der Waals surface area contributed by atoms with Crippen molar-refractivity contribution in [3.63, 3.8) is 0 Å². The summed E-state index contributed by atoms with van der Waals surface area (Å²) in [5.41, 5.74) is -4.45. The maximum absolute atomic E-state index is 13.4. The average molecular weight is 599 g/mol. The van der Waals surface area contributed by atoms with Crippen LogP contribution in [0.5, 0.6) is 0 Å². The Balaban J connectivity index is 1.55. The Morgan fingerprint density at radius 2 is 1.62 bits per heavy atom. The molecule has 1 fully saturated rings. The van der Waals surface area contributed by atoms with E-state index < -0.39 is 52.7 Å². The second kappa shape index (κ2) is 11.4. The highest BCUT2D eigenvalue weighted by molar-refractivity contribution is 6.22. The summed E-state index contributed by atoms with van der Waals surface area (Å²) in [4.78, 5) is 41.0. The third-order valence-electron chi connectivity index (χ3n) is 5.71. The molecule has 0 aliphatic carbocycles. The molecule has 0 radical (unpaired) electrons. The Morgan fingerprint density at radius 1 is 1.02 bits per heavy atom. The monoisotopic (exact) mass is 598 g/mol. The van der Waals surface area contributed by atoms with Crippen LogP contribution in [0.25, 0.3) is 23.2 Å². The minimum atomic E-state index is -5.15. The molecular formula is C25H24F6N8O3. The number of hydrogen-bond donors (Lipinski definition) is 1. The van der Waals surface area contributed by atoms with Gasteiger partial charge in [-0.05, 0) is 32.9 Å². The fourth-order valence-corrected chi connectivity index (χ4v) is 3.82. The lowest BCUT2D eigenvalue weighted by Crippen LogP contribution is -2.54. The molecule has 11 nitrogen and oxygen atoms in total. The van der Waals surface area contributed by atoms with Gasteiger partial charge in [-0.25, -0.2) is 29.4 Å². The van der Waals surface area contributed by atoms with Crippen molar-refractivity contribution in [3.8, 4) is 11.4 Å². The molecule has 42 heavy (non-hydrogen) atoms. The van der Waals surface area contributed by atoms with Gasteiger partial charge < -0.3 is 15.0 Å². The molecule has 0 spiro atoms. The van der Waals surface area contributed by atoms with Crippen LogP contribution in [-0.2, 0) is 21.9 Å². The molecule has 17 heteroatoms. The number of nitrogens with zero attached hydrogens (tertiary/aromatic N) is 7. The van der Waals surface area contributed by atoms with Crippen LogP contribution in [0.1, 0.15) is 37.7 Å². The summed E-state index contributed by atoms with van der Waals surface area (Å²) in [6, 6.07) is 0.808. The van der Waals surface area contributed by atoms with E-state index >= 15 is 0 Å². The standard InChI is InChI=1S/C25H24F6N8O3/c1-23(2,3)42-22(41)34-6-14-9-38(10-14)21(40)17(16-7-32-12-33-8-16)11-39-13-35-20(37-39)15-4-18(24(26,27)28)36-19(5-15)25(29,30)31/h4-5,7-8,11-14H,6,9-10H2,1-3H3,(H,34,41)/b17-11+. The number of rotatable bonds is 6. The first kappa shape index (κ1) is 30.4. The van der Waals surface area contributed by atoms with Gasteiger partial charge in [-0.3, -0.25) is 4.79 Å². The maximum atomic E-state index is 13.4. The molecule has 0 unspecified atom stereocenters. The number of nitrogens with one attached hydrogen (secondary N) is 1. The molecule has 2 amide bonds. The zero-order chi connectivity index (χ0) is 30.9. The first-order valence-corrected chi connectivity index (χ1v) is 12.3. The second-order valence-electron chi connectivity index (χ2n) is 10.3. The van der Waals surface area contributed by atoms with Gasteiger partial charge in [0.2, 0.25) is 0 Å². The number of alkyl halides is 6. The van der Waals surface area contributed by atoms with Crippen molar-refractivity contribution in [2.24, 2.45) is 5.92 Å². The molecule has 1 aliphatic rings. The van der Waals surface area contributed by atoms with Crippen molar-refractivity contribution in [2.75, 3.05) is 19.6 Å². The lowest BCUT2D eigenvalue weighted by molar-refractivity contribution is -0.150. The number of amides is 2. The van der Waals surface area contributed by atoms with Crippen LogP contribution < -0.4 is 5.32 Å². The van der Waals surface area contributed by atoms with E-state index in [9.17, 15) is 35.9 Å². The number of likely N-dealkylation sites (tertiary alicyclic amines) is 1. The van der Waals surface area contributed by atoms with Crippen molar-refractivity contribution in [3.05, 3.63) is 54.1 Å². The third-order valence-corrected chi connectivity index (χ3v) is 5.71. The van der Waals surface area contributed by atoms with Crippen LogP contribution in [0.3, 0.4) is 0 Å². The van der Waals surface area contributed by atoms with Crippen molar-refractivity contribution in [2.45, 2.75) is 38.7 Å². The Kier molecular flexibility index (Phi) is 8.22. The molecule has 0 bridgehead atoms. The fraction of sp³-hybridized carbons (Fsp3) is 0.400. The first-order chi connectivity index (χ1) is 19.5. The molecular weight excluding hydrogens is 574 g/mol. The zero-order valence-electron chi connectivity index (χ0n) is 22.4. The third kappa shape index (κ3) is 7.58. The number of pyridine rings is 1. The van der Waals surface area contributed by atoms with Gasteiger partial charge in [0.05, 0.1) is 5.57 Å². The highest BCUT2D eigenvalue weighted by Gasteiger charge is 2.39. The molecule has 0 atom stereocenters. The summed E-state index contributed by atoms with van der Waals surface area (Å²) >= 11 is 0. The van der Waals surface area contributed by atoms with E-state index in [-0.39, 0.29) is 23.6 Å². The van der Waals surface area contributed by atoms with Crippen LogP contribution >= 0.6 is 0 Å². The van der Waals surface area contributed by atoms with Gasteiger partial charge >= 0.3 is 18.4 Å². The van der Waals surface area contributed by atoms with E-state index in [1.54, 1.807) is 20.8 Å². The highest BCUT2D eigenvalue weighted by Crippen LogP contribution is 2.35. The first-order valence-electron chi connectivity index (χ1n) is 12.3. The average Bonchev–Trinajstić information content (AvgIpc) is 3.33. The van der Waals surface area contributed by atoms with Crippen molar-refractivity contribution in [1.82, 2.24) is 39.9 Å². The van der Waals surface area contributed by atoms with Crippen LogP contribution in [0.15, 0.2) is 37.2 Å². The van der Waals surface area contributed by atoms with E-state index in [2.05, 4.69) is 30.4 Å². The summed E-state index contributed by atoms with van der Waals surface area (Å²) in [5, 5.41) is 6.61. The molecule has 0 saturated carbocycles. The topological polar surface area (TPSA) is 128 Å². The van der Waals surface area contributed by atoms with E-state index in [0.717, 1.165) is 11.0 Å². The predicted molar refractivity (Wildman–Crippen MR) is 134 cm³/mol. The number of carbonyl (C=O) groups is 2. The van der Waals surface area contributed by atoms with Crippen LogP contribution in [0.4, 0.5) is 31.1 Å². The van der Waals surface area contributed by atoms with Crippen molar-refractivity contribution >= 4 is 23.8 Å². The van der Waals surface area contributed by atoms with Crippen LogP contribution in [0, 0.1) is 5.92 Å². The number of aromatic nitrogens is 6. The highest BCUT2D eigenvalue weighted by atomic mass is 19.4. The molecule has 1 aliphatic heterocycles. The minimum absolute atomic E-state index is 0.0345. The van der Waals surface area contributed by atoms with Crippen LogP contribution in [-0.4, -0.2) is 71.9 Å². The minimum Gasteiger partial charge on any atom is -0.444 e. The number of carbonyl (C=O) groups excluding carboxylic acids is 2. The SMILES string of the molecule is CC(C)(C)OC(=O)NCC1CN(C(=O)/C(=C/n2cnc(-c3cc(C(F)(F)F)nc(C(F)(F)F)c3)n2)c2cncnc2)C1. The van der Waals surface area contributed by atoms with Gasteiger partial charge in [0.15, 0.2) is 5.82 Å². The van der Waals surface area contributed by atoms with Gasteiger partial charge in [0.1, 0.15) is 29.6 Å². The van der Waals surface area contributed by atoms with Gasteiger partial charge in [0.25, 0.3) is 5.91 Å². The van der Waals surface area contributed by atoms with Crippen LogP contribution in [0.2, 0.25) is 0 Å². The van der Waals surface area contributed by atoms with Gasteiger partial charge in [-0.15, -0.1) is 5.10 Å². The van der Waals surface area contributed by atoms with Gasteiger partial charge in [-0.2, -0.15) is 26.3 Å². The second-order valence-corrected chi connectivity index (χ2v) is 10.3. The van der Waals surface area contributed by atoms with Crippen molar-refractivity contribution in [1.29, 1.82) is 0 Å². The predicted octanol–water partition coefficient (Wildman–Crippen LogP) is 4.15. The Hall–Kier alpha value is -4.57. The molecule has 3 aromatic rings. The normalized spacial score (nSPS) is 14.9. The Morgan fingerprint density at radius 3 is 2.17 bits per heavy atom. The quantitative estimate of drug-likeness (QED) is 0.331. The van der Waals surface area contributed by atoms with E-state index in [0.29, 0.717) is 25.2 Å². The molecule has 1 saturated heterocycles. The fourth-order valence-electron chi connectivity index (χ4n) is 3.82. The zero-order valence-corrected chi connectivity index (χ0v) is 22.4. The van der Waals surface area contributed by atoms with E-state index in [4.69, 9.17) is 4.74 Å². The molecule has 4 rings (SSSR count). The largest absolute Gasteiger partial charge is 0.444 e. The van der Waals surface area contributed by atoms with Crippen molar-refractivity contribution < 1.29 is 40.7 Å². The molecule has 4 heterocycles. The van der Waals surface area contributed by atoms with E-state index in [1.807, 2.05) is 0 Å². The lowest BCUT2D eigenvalue weighted by Gasteiger charge is -2.39. The summed E-state index contributed by atoms with van der Waals surface area (Å²) in [7, 11) is 0. The number of ether oxygens (including phenoxy) is 1. The molecule has 1 N–H and O–H groups in total. The maximum Gasteiger partial charge on any atom is 0.433 e. The number of hydrogen-bond acceptors (Lipinski definition) is 8. The molecule has 224 valence electrons. The number of halogens is 6. The molecule has 0 aromatic carbocycles. The molecule has 3 aromatic heterocycles. The summed E-state index contributed by atoms with van der Waals surface area (Å²) in [6.45, 7) is 6.04. The number of alkyl carbamates (subject to hydrolysis) is 1. The smallest absolute Gasteiger partial charge is 0.433 e. The van der Waals surface area contributed by atoms with Gasteiger partial charge in [-0.1, -0.05) is 0 Å². The Labute approximate surface area is 234 Å². The van der Waals surface area contributed by atoms with E-state index in [1.165, 1.54) is 29.8 Å². The Bertz CT molecular complexity index is 1440. The van der Waals surface area contributed by atoms with Gasteiger partial charge in [0, 0.05) is 55.3 Å². The lowest BCUT2D eigenvalue weighted by atomic mass is 9.97. The summed E-state index contributed by atoms with van der Waals surface area (Å²) < 4.78 is 85.6. The summed E-state index contributed by atoms with van der Waals surface area (Å²) in [5.74, 6) is -0.985. The summed E-state index contributed by atoms with van der Waals surface area (Å²) in [6.07, 6.45) is -4.71.